The van der Waals surface area contributed by atoms with Crippen molar-refractivity contribution in [2.45, 2.75) is 13.0 Å². The fourth-order valence-corrected chi connectivity index (χ4v) is 1.37. The fraction of sp³-hybridized carbons (Fsp3) is 0.400. The predicted molar refractivity (Wildman–Crippen MR) is 61.0 cm³/mol. The van der Waals surface area contributed by atoms with Crippen LogP contribution in [0.4, 0.5) is 5.69 Å². The highest BCUT2D eigenvalue weighted by molar-refractivity contribution is 6.29. The minimum absolute atomic E-state index is 0.0166. The molecule has 0 saturated carbocycles. The van der Waals surface area contributed by atoms with E-state index in [-0.39, 0.29) is 11.9 Å². The van der Waals surface area contributed by atoms with E-state index in [0.717, 1.165) is 5.69 Å². The van der Waals surface area contributed by atoms with Crippen molar-refractivity contribution in [2.75, 3.05) is 19.4 Å². The lowest BCUT2D eigenvalue weighted by atomic mass is 10.3. The number of nitrogens with zero attached hydrogens (tertiary/aromatic N) is 2. The third kappa shape index (κ3) is 3.40. The number of halogens is 1. The van der Waals surface area contributed by atoms with Crippen molar-refractivity contribution in [2.24, 2.45) is 0 Å². The van der Waals surface area contributed by atoms with Gasteiger partial charge in [0.15, 0.2) is 0 Å². The topological polar surface area (TPSA) is 45.2 Å². The van der Waals surface area contributed by atoms with Crippen molar-refractivity contribution in [3.63, 3.8) is 0 Å². The Morgan fingerprint density at radius 2 is 2.27 bits per heavy atom. The summed E-state index contributed by atoms with van der Waals surface area (Å²) in [4.78, 5) is 16.9. The smallest absolute Gasteiger partial charge is 0.244 e. The molecule has 0 aliphatic carbocycles. The zero-order valence-corrected chi connectivity index (χ0v) is 9.75. The first-order valence-corrected chi connectivity index (χ1v) is 4.97. The maximum absolute atomic E-state index is 11.5. The Labute approximate surface area is 94.3 Å². The van der Waals surface area contributed by atoms with Crippen LogP contribution in [0, 0.1) is 0 Å². The van der Waals surface area contributed by atoms with Gasteiger partial charge in [0, 0.05) is 26.0 Å². The summed E-state index contributed by atoms with van der Waals surface area (Å²) >= 11 is 5.72. The SMILES string of the molecule is C[C@H](Nc1ccnc(Cl)c1)C(=O)N(C)C. The molecule has 0 saturated heterocycles. The van der Waals surface area contributed by atoms with Gasteiger partial charge in [0.1, 0.15) is 11.2 Å². The van der Waals surface area contributed by atoms with Gasteiger partial charge in [0.2, 0.25) is 5.91 Å². The first-order valence-electron chi connectivity index (χ1n) is 4.60. The largest absolute Gasteiger partial charge is 0.374 e. The Hall–Kier alpha value is -1.29. The molecule has 82 valence electrons. The van der Waals surface area contributed by atoms with Crippen molar-refractivity contribution in [3.05, 3.63) is 23.5 Å². The summed E-state index contributed by atoms with van der Waals surface area (Å²) in [6.07, 6.45) is 1.59. The van der Waals surface area contributed by atoms with Crippen LogP contribution >= 0.6 is 11.6 Å². The molecule has 0 unspecified atom stereocenters. The number of pyridine rings is 1. The van der Waals surface area contributed by atoms with E-state index in [4.69, 9.17) is 11.6 Å². The summed E-state index contributed by atoms with van der Waals surface area (Å²) in [6.45, 7) is 1.80. The van der Waals surface area contributed by atoms with E-state index < -0.39 is 0 Å². The summed E-state index contributed by atoms with van der Waals surface area (Å²) in [7, 11) is 3.44. The Morgan fingerprint density at radius 3 is 2.80 bits per heavy atom. The normalized spacial score (nSPS) is 12.0. The zero-order chi connectivity index (χ0) is 11.4. The maximum Gasteiger partial charge on any atom is 0.244 e. The molecule has 1 rings (SSSR count). The number of anilines is 1. The molecular weight excluding hydrogens is 214 g/mol. The molecule has 0 aliphatic rings. The molecule has 0 bridgehead atoms. The molecule has 1 aromatic heterocycles. The lowest BCUT2D eigenvalue weighted by Gasteiger charge is -2.18. The molecule has 1 aromatic rings. The molecule has 1 heterocycles. The summed E-state index contributed by atoms with van der Waals surface area (Å²) in [5.74, 6) is 0.0166. The van der Waals surface area contributed by atoms with Crippen LogP contribution in [0.1, 0.15) is 6.92 Å². The van der Waals surface area contributed by atoms with E-state index in [2.05, 4.69) is 10.3 Å². The number of rotatable bonds is 3. The molecule has 5 heteroatoms. The highest BCUT2D eigenvalue weighted by Gasteiger charge is 2.14. The van der Waals surface area contributed by atoms with Crippen LogP contribution in [-0.2, 0) is 4.79 Å². The summed E-state index contributed by atoms with van der Waals surface area (Å²) in [6, 6.07) is 3.17. The lowest BCUT2D eigenvalue weighted by molar-refractivity contribution is -0.129. The third-order valence-electron chi connectivity index (χ3n) is 1.92. The number of likely N-dealkylation sites (N-methyl/N-ethyl adjacent to an activating group) is 1. The predicted octanol–water partition coefficient (Wildman–Crippen LogP) is 1.62. The number of aromatic nitrogens is 1. The van der Waals surface area contributed by atoms with Crippen molar-refractivity contribution in [1.82, 2.24) is 9.88 Å². The first kappa shape index (κ1) is 11.8. The van der Waals surface area contributed by atoms with Gasteiger partial charge in [-0.25, -0.2) is 4.98 Å². The van der Waals surface area contributed by atoms with Crippen molar-refractivity contribution in [3.8, 4) is 0 Å². The van der Waals surface area contributed by atoms with Crippen LogP contribution in [0.25, 0.3) is 0 Å². The second-order valence-electron chi connectivity index (χ2n) is 3.47. The molecule has 4 nitrogen and oxygen atoms in total. The van der Waals surface area contributed by atoms with Crippen LogP contribution in [0.2, 0.25) is 5.15 Å². The second-order valence-corrected chi connectivity index (χ2v) is 3.85. The van der Waals surface area contributed by atoms with Crippen LogP contribution in [-0.4, -0.2) is 35.9 Å². The van der Waals surface area contributed by atoms with E-state index in [9.17, 15) is 4.79 Å². The van der Waals surface area contributed by atoms with Gasteiger partial charge in [-0.05, 0) is 19.1 Å². The number of carbonyl (C=O) groups excluding carboxylic acids is 1. The standard InChI is InChI=1S/C10H14ClN3O/c1-7(10(15)14(2)3)13-8-4-5-12-9(11)6-8/h4-7H,1-3H3,(H,12,13)/t7-/m0/s1. The fourth-order valence-electron chi connectivity index (χ4n) is 1.19. The third-order valence-corrected chi connectivity index (χ3v) is 2.13. The van der Waals surface area contributed by atoms with Crippen LogP contribution in [0.5, 0.6) is 0 Å². The van der Waals surface area contributed by atoms with E-state index in [1.165, 1.54) is 0 Å². The zero-order valence-electron chi connectivity index (χ0n) is 8.99. The Balaban J connectivity index is 2.66. The van der Waals surface area contributed by atoms with Crippen molar-refractivity contribution in [1.29, 1.82) is 0 Å². The average Bonchev–Trinajstić information content (AvgIpc) is 2.16. The Bertz CT molecular complexity index is 354. The molecule has 15 heavy (non-hydrogen) atoms. The molecule has 0 radical (unpaired) electrons. The highest BCUT2D eigenvalue weighted by Crippen LogP contribution is 2.13. The average molecular weight is 228 g/mol. The molecule has 0 fully saturated rings. The van der Waals surface area contributed by atoms with Gasteiger partial charge in [0.25, 0.3) is 0 Å². The van der Waals surface area contributed by atoms with Gasteiger partial charge in [-0.15, -0.1) is 0 Å². The molecule has 0 aromatic carbocycles. The van der Waals surface area contributed by atoms with Gasteiger partial charge in [-0.3, -0.25) is 4.79 Å². The molecular formula is C10H14ClN3O. The molecule has 0 spiro atoms. The summed E-state index contributed by atoms with van der Waals surface area (Å²) < 4.78 is 0. The number of amides is 1. The van der Waals surface area contributed by atoms with Crippen molar-refractivity contribution >= 4 is 23.2 Å². The van der Waals surface area contributed by atoms with E-state index in [1.807, 2.05) is 0 Å². The van der Waals surface area contributed by atoms with Crippen LogP contribution < -0.4 is 5.32 Å². The van der Waals surface area contributed by atoms with E-state index >= 15 is 0 Å². The lowest BCUT2D eigenvalue weighted by Crippen LogP contribution is -2.36. The number of nitrogens with one attached hydrogen (secondary N) is 1. The molecule has 0 aliphatic heterocycles. The van der Waals surface area contributed by atoms with Gasteiger partial charge >= 0.3 is 0 Å². The minimum Gasteiger partial charge on any atom is -0.374 e. The van der Waals surface area contributed by atoms with E-state index in [1.54, 1.807) is 44.2 Å². The number of hydrogen-bond acceptors (Lipinski definition) is 3. The molecule has 1 atom stereocenters. The van der Waals surface area contributed by atoms with Crippen LogP contribution in [0.15, 0.2) is 18.3 Å². The maximum atomic E-state index is 11.5. The highest BCUT2D eigenvalue weighted by atomic mass is 35.5. The Kier molecular flexibility index (Phi) is 3.91. The van der Waals surface area contributed by atoms with Gasteiger partial charge in [0.05, 0.1) is 0 Å². The number of hydrogen-bond donors (Lipinski definition) is 1. The van der Waals surface area contributed by atoms with Crippen molar-refractivity contribution < 1.29 is 4.79 Å². The monoisotopic (exact) mass is 227 g/mol. The summed E-state index contributed by atoms with van der Waals surface area (Å²) in [5, 5.41) is 3.46. The Morgan fingerprint density at radius 1 is 1.60 bits per heavy atom. The van der Waals surface area contributed by atoms with Gasteiger partial charge < -0.3 is 10.2 Å². The second kappa shape index (κ2) is 4.98. The molecule has 1 N–H and O–H groups in total. The minimum atomic E-state index is -0.279. The quantitative estimate of drug-likeness (QED) is 0.799. The first-order chi connectivity index (χ1) is 7.00. The van der Waals surface area contributed by atoms with Gasteiger partial charge in [-0.2, -0.15) is 0 Å². The number of carbonyl (C=O) groups is 1. The van der Waals surface area contributed by atoms with Gasteiger partial charge in [-0.1, -0.05) is 11.6 Å². The molecule has 1 amide bonds. The summed E-state index contributed by atoms with van der Waals surface area (Å²) in [5.41, 5.74) is 0.790. The van der Waals surface area contributed by atoms with Crippen LogP contribution in [0.3, 0.4) is 0 Å². The van der Waals surface area contributed by atoms with E-state index in [0.29, 0.717) is 5.15 Å².